The highest BCUT2D eigenvalue weighted by Gasteiger charge is 2.25. The van der Waals surface area contributed by atoms with E-state index < -0.39 is 11.7 Å². The number of fused-ring (bicyclic) bond motifs is 2. The molecule has 1 amide bonds. The van der Waals surface area contributed by atoms with Gasteiger partial charge >= 0.3 is 6.08 Å². The van der Waals surface area contributed by atoms with Gasteiger partial charge in [0.05, 0.1) is 18.4 Å². The Hall–Kier alpha value is -3.79. The van der Waals surface area contributed by atoms with E-state index in [9.17, 15) is 9.18 Å². The topological polar surface area (TPSA) is 105 Å². The first kappa shape index (κ1) is 21.1. The van der Waals surface area contributed by atoms with Gasteiger partial charge in [0.15, 0.2) is 11.4 Å². The molecular formula is C23H23FN6O3. The normalized spacial score (nSPS) is 18.6. The van der Waals surface area contributed by atoms with Gasteiger partial charge < -0.3 is 24.7 Å². The quantitative estimate of drug-likeness (QED) is 0.488. The van der Waals surface area contributed by atoms with Gasteiger partial charge in [0, 0.05) is 49.3 Å². The fraction of sp³-hybridized carbons (Fsp3) is 0.304. The number of hydrogen-bond acceptors (Lipinski definition) is 8. The van der Waals surface area contributed by atoms with Crippen LogP contribution in [0.4, 0.5) is 15.8 Å². The van der Waals surface area contributed by atoms with E-state index >= 15 is 0 Å². The van der Waals surface area contributed by atoms with E-state index in [4.69, 9.17) is 9.15 Å². The molecule has 1 saturated heterocycles. The van der Waals surface area contributed by atoms with Crippen LogP contribution in [0.2, 0.25) is 0 Å². The third kappa shape index (κ3) is 3.93. The molecule has 2 atom stereocenters. The van der Waals surface area contributed by atoms with E-state index in [0.29, 0.717) is 28.7 Å². The number of rotatable bonds is 4. The first-order valence-electron chi connectivity index (χ1n) is 10.6. The molecule has 4 aromatic rings. The number of carbonyl (C=O) groups excluding carboxylic acids is 1. The number of carbonyl (C=O) groups is 1. The molecule has 2 aromatic carbocycles. The summed E-state index contributed by atoms with van der Waals surface area (Å²) in [6, 6.07) is 6.95. The summed E-state index contributed by atoms with van der Waals surface area (Å²) in [5, 5.41) is 6.24. The monoisotopic (exact) mass is 450 g/mol. The lowest BCUT2D eigenvalue weighted by Crippen LogP contribution is -2.54. The minimum absolute atomic E-state index is 0.0324. The zero-order valence-corrected chi connectivity index (χ0v) is 18.4. The van der Waals surface area contributed by atoms with E-state index in [1.807, 2.05) is 6.07 Å². The Labute approximate surface area is 189 Å². The van der Waals surface area contributed by atoms with Crippen molar-refractivity contribution in [3.63, 3.8) is 0 Å². The Morgan fingerprint density at radius 2 is 1.88 bits per heavy atom. The molecule has 9 nitrogen and oxygen atoms in total. The van der Waals surface area contributed by atoms with Crippen LogP contribution >= 0.6 is 0 Å². The summed E-state index contributed by atoms with van der Waals surface area (Å²) >= 11 is 0. The molecule has 5 rings (SSSR count). The van der Waals surface area contributed by atoms with Crippen molar-refractivity contribution >= 4 is 39.4 Å². The molecule has 0 saturated carbocycles. The van der Waals surface area contributed by atoms with Crippen LogP contribution < -0.4 is 20.3 Å². The fourth-order valence-corrected chi connectivity index (χ4v) is 4.33. The molecule has 2 aromatic heterocycles. The molecule has 0 spiro atoms. The molecule has 1 aliphatic heterocycles. The van der Waals surface area contributed by atoms with E-state index in [-0.39, 0.29) is 22.9 Å². The molecule has 2 N–H and O–H groups in total. The number of anilines is 2. The molecule has 2 unspecified atom stereocenters. The minimum Gasteiger partial charge on any atom is -0.453 e. The number of hydrogen-bond donors (Lipinski definition) is 2. The Bertz CT molecular complexity index is 1350. The maximum Gasteiger partial charge on any atom is 0.394 e. The molecule has 0 radical (unpaired) electrons. The predicted molar refractivity (Wildman–Crippen MR) is 122 cm³/mol. The molecule has 3 heterocycles. The number of ether oxygens (including phenoxy) is 1. The van der Waals surface area contributed by atoms with Crippen LogP contribution in [0, 0.1) is 5.82 Å². The van der Waals surface area contributed by atoms with Crippen molar-refractivity contribution in [2.45, 2.75) is 25.9 Å². The highest BCUT2D eigenvalue weighted by molar-refractivity contribution is 6.13. The molecule has 1 aliphatic rings. The number of piperazine rings is 1. The van der Waals surface area contributed by atoms with Gasteiger partial charge in [-0.1, -0.05) is 0 Å². The Kier molecular flexibility index (Phi) is 5.29. The van der Waals surface area contributed by atoms with Gasteiger partial charge in [-0.3, -0.25) is 14.8 Å². The molecule has 1 fully saturated rings. The SMILES string of the molecule is COc1nc2c(F)cc(NC(=O)c3ccc(N4CC(C)NC(C)C4)c4nccnc34)cc2o1. The summed E-state index contributed by atoms with van der Waals surface area (Å²) in [5.74, 6) is -1.06. The van der Waals surface area contributed by atoms with Crippen LogP contribution in [-0.2, 0) is 0 Å². The predicted octanol–water partition coefficient (Wildman–Crippen LogP) is 3.36. The lowest BCUT2D eigenvalue weighted by molar-refractivity contribution is 0.102. The van der Waals surface area contributed by atoms with E-state index in [1.54, 1.807) is 18.5 Å². The lowest BCUT2D eigenvalue weighted by Gasteiger charge is -2.38. The first-order chi connectivity index (χ1) is 15.9. The second-order valence-corrected chi connectivity index (χ2v) is 8.20. The Balaban J connectivity index is 1.49. The van der Waals surface area contributed by atoms with Gasteiger partial charge in [0.25, 0.3) is 5.91 Å². The molecule has 0 bridgehead atoms. The van der Waals surface area contributed by atoms with Crippen LogP contribution in [-0.4, -0.2) is 53.1 Å². The zero-order valence-electron chi connectivity index (χ0n) is 18.4. The van der Waals surface area contributed by atoms with Gasteiger partial charge in [-0.25, -0.2) is 4.39 Å². The number of methoxy groups -OCH3 is 1. The maximum absolute atomic E-state index is 14.5. The zero-order chi connectivity index (χ0) is 23.1. The average Bonchev–Trinajstić information content (AvgIpc) is 3.21. The van der Waals surface area contributed by atoms with Crippen molar-refractivity contribution in [1.29, 1.82) is 0 Å². The number of aromatic nitrogens is 3. The first-order valence-corrected chi connectivity index (χ1v) is 10.6. The second kappa shape index (κ2) is 8.28. The highest BCUT2D eigenvalue weighted by atomic mass is 19.1. The largest absolute Gasteiger partial charge is 0.453 e. The number of nitrogens with one attached hydrogen (secondary N) is 2. The van der Waals surface area contributed by atoms with Crippen LogP contribution in [0.25, 0.3) is 22.1 Å². The smallest absolute Gasteiger partial charge is 0.394 e. The van der Waals surface area contributed by atoms with Crippen molar-refractivity contribution in [3.05, 3.63) is 48.0 Å². The Morgan fingerprint density at radius 1 is 1.15 bits per heavy atom. The van der Waals surface area contributed by atoms with Crippen molar-refractivity contribution in [1.82, 2.24) is 20.3 Å². The summed E-state index contributed by atoms with van der Waals surface area (Å²) in [6.07, 6.45) is 3.11. The van der Waals surface area contributed by atoms with E-state index in [2.05, 4.69) is 44.3 Å². The second-order valence-electron chi connectivity index (χ2n) is 8.20. The Morgan fingerprint density at radius 3 is 2.61 bits per heavy atom. The minimum atomic E-state index is -0.628. The van der Waals surface area contributed by atoms with Crippen molar-refractivity contribution < 1.29 is 18.3 Å². The van der Waals surface area contributed by atoms with Crippen molar-refractivity contribution in [2.75, 3.05) is 30.4 Å². The van der Waals surface area contributed by atoms with Crippen LogP contribution in [0.5, 0.6) is 6.08 Å². The number of amides is 1. The maximum atomic E-state index is 14.5. The summed E-state index contributed by atoms with van der Waals surface area (Å²) in [7, 11) is 1.38. The summed E-state index contributed by atoms with van der Waals surface area (Å²) < 4.78 is 24.7. The number of nitrogens with zero attached hydrogens (tertiary/aromatic N) is 4. The van der Waals surface area contributed by atoms with E-state index in [0.717, 1.165) is 18.8 Å². The summed E-state index contributed by atoms with van der Waals surface area (Å²) in [5.41, 5.74) is 2.83. The summed E-state index contributed by atoms with van der Waals surface area (Å²) in [4.78, 5) is 28.3. The number of oxazole rings is 1. The van der Waals surface area contributed by atoms with Gasteiger partial charge in [-0.2, -0.15) is 4.98 Å². The number of benzene rings is 2. The third-order valence-electron chi connectivity index (χ3n) is 5.61. The lowest BCUT2D eigenvalue weighted by atomic mass is 10.1. The summed E-state index contributed by atoms with van der Waals surface area (Å²) in [6.45, 7) is 5.92. The van der Waals surface area contributed by atoms with Gasteiger partial charge in [0.1, 0.15) is 16.6 Å². The third-order valence-corrected chi connectivity index (χ3v) is 5.61. The molecule has 10 heteroatoms. The van der Waals surface area contributed by atoms with Crippen LogP contribution in [0.3, 0.4) is 0 Å². The van der Waals surface area contributed by atoms with Crippen LogP contribution in [0.15, 0.2) is 41.1 Å². The molecule has 33 heavy (non-hydrogen) atoms. The average molecular weight is 450 g/mol. The van der Waals surface area contributed by atoms with Gasteiger partial charge in [0.2, 0.25) is 0 Å². The van der Waals surface area contributed by atoms with Crippen molar-refractivity contribution in [2.24, 2.45) is 0 Å². The molecule has 0 aliphatic carbocycles. The number of halogens is 1. The molecule has 170 valence electrons. The van der Waals surface area contributed by atoms with Crippen LogP contribution in [0.1, 0.15) is 24.2 Å². The highest BCUT2D eigenvalue weighted by Crippen LogP contribution is 2.30. The van der Waals surface area contributed by atoms with Gasteiger partial charge in [-0.15, -0.1) is 0 Å². The standard InChI is InChI=1S/C23H23FN6O3/c1-12-10-30(11-13(2)27-12)17-5-4-15(19-21(17)26-7-6-25-19)22(31)28-14-8-16(24)20-18(9-14)33-23(29-20)32-3/h4-9,12-13,27H,10-11H2,1-3H3,(H,28,31). The van der Waals surface area contributed by atoms with Crippen molar-refractivity contribution in [3.8, 4) is 6.08 Å². The van der Waals surface area contributed by atoms with E-state index in [1.165, 1.54) is 19.2 Å². The van der Waals surface area contributed by atoms with Gasteiger partial charge in [-0.05, 0) is 32.0 Å². The molecular weight excluding hydrogens is 427 g/mol. The fourth-order valence-electron chi connectivity index (χ4n) is 4.33.